The van der Waals surface area contributed by atoms with Gasteiger partial charge in [0.05, 0.1) is 12.6 Å². The summed E-state index contributed by atoms with van der Waals surface area (Å²) < 4.78 is 0. The fourth-order valence-electron chi connectivity index (χ4n) is 9.91. The van der Waals surface area contributed by atoms with Crippen molar-refractivity contribution in [3.63, 3.8) is 0 Å². The number of nitrogens with zero attached hydrogens (tertiary/aromatic N) is 1. The number of nitrogens with two attached hydrogens (primary N) is 2. The van der Waals surface area contributed by atoms with Crippen LogP contribution in [-0.4, -0.2) is 141 Å². The molecule has 5 aromatic rings. The maximum Gasteiger partial charge on any atom is 0.326 e. The molecule has 1 aliphatic rings. The van der Waals surface area contributed by atoms with Gasteiger partial charge in [-0.15, -0.1) is 0 Å². The van der Waals surface area contributed by atoms with Crippen molar-refractivity contribution in [1.29, 1.82) is 0 Å². The van der Waals surface area contributed by atoms with Crippen molar-refractivity contribution >= 4 is 75.0 Å². The first kappa shape index (κ1) is 61.1. The maximum atomic E-state index is 14.3. The number of para-hydroxylation sites is 2. The Morgan fingerprint density at radius 1 is 0.637 bits per heavy atom. The fourth-order valence-corrected chi connectivity index (χ4v) is 9.91. The summed E-state index contributed by atoms with van der Waals surface area (Å²) in [6.45, 7) is 8.44. The molecule has 6 rings (SSSR count). The number of hydrogen-bond donors (Lipinski definition) is 12. The summed E-state index contributed by atoms with van der Waals surface area (Å²) in [5, 5.41) is 30.2. The zero-order valence-corrected chi connectivity index (χ0v) is 46.1. The highest BCUT2D eigenvalue weighted by molar-refractivity contribution is 5.98. The van der Waals surface area contributed by atoms with Crippen molar-refractivity contribution < 1.29 is 48.3 Å². The van der Waals surface area contributed by atoms with E-state index in [1.807, 2.05) is 92.7 Å². The second kappa shape index (κ2) is 29.2. The van der Waals surface area contributed by atoms with E-state index >= 15 is 0 Å². The van der Waals surface area contributed by atoms with Crippen LogP contribution in [0, 0.1) is 11.8 Å². The molecule has 0 radical (unpaired) electrons. The Bertz CT molecular complexity index is 2960. The minimum atomic E-state index is -1.30. The Balaban J connectivity index is 1.13. The van der Waals surface area contributed by atoms with Gasteiger partial charge >= 0.3 is 5.97 Å². The number of H-pyrrole nitrogens is 2. The number of fused-ring (bicyclic) bond motifs is 2. The van der Waals surface area contributed by atoms with Crippen LogP contribution in [0.3, 0.4) is 0 Å². The molecule has 14 N–H and O–H groups in total. The highest BCUT2D eigenvalue weighted by atomic mass is 16.4. The molecule has 0 unspecified atom stereocenters. The van der Waals surface area contributed by atoms with E-state index in [2.05, 4.69) is 47.2 Å². The molecule has 1 fully saturated rings. The first-order valence-electron chi connectivity index (χ1n) is 27.5. The SMILES string of the molecule is CC(C)C[C@H](NC(=O)[C@@H](N)Cc1ccccc1)C(=O)N1CCC[C@H]1C(=O)N[C@@H](Cc1c[nH]c2ccccc12)C(=O)NCC(=O)N[C@@H](C)C(=O)N[C@@H](Cc1c[nH]c2ccccc12)C(=O)N[C@@H](CCCCN)C(=O)N[C@H](C(=O)O)C(C)C. The van der Waals surface area contributed by atoms with Crippen molar-refractivity contribution in [2.45, 2.75) is 141 Å². The van der Waals surface area contributed by atoms with Gasteiger partial charge in [0.2, 0.25) is 47.3 Å². The van der Waals surface area contributed by atoms with E-state index in [4.69, 9.17) is 11.5 Å². The number of benzene rings is 3. The Morgan fingerprint density at radius 3 is 1.79 bits per heavy atom. The molecule has 0 saturated carbocycles. The minimum absolute atomic E-state index is 0.00842. The standard InChI is InChI=1S/C58H78N12O10/c1-33(2)26-47(68-52(73)41(60)27-36-16-7-6-8-17-36)57(78)70-25-15-23-48(70)56(77)67-45(28-37-30-61-42-20-11-9-18-39(37)42)53(74)63-32-49(71)64-35(5)51(72)66-46(29-38-31-62-43-21-12-10-19-40(38)43)55(76)65-44(22-13-14-24-59)54(75)69-50(34(3)4)58(79)80/h6-12,16-21,30-31,33-35,41,44-48,50,61-62H,13-15,22-29,32,59-60H2,1-5H3,(H,63,74)(H,64,71)(H,65,76)(H,66,72)(H,67,77)(H,68,73)(H,69,75)(H,79,80)/t35-,41-,44-,45-,46-,47-,48-,50-/m0/s1. The number of carboxylic acids is 1. The van der Waals surface area contributed by atoms with Crippen LogP contribution in [0.4, 0.5) is 0 Å². The number of hydrogen-bond acceptors (Lipinski definition) is 11. The molecule has 22 heteroatoms. The van der Waals surface area contributed by atoms with Crippen molar-refractivity contribution in [3.8, 4) is 0 Å². The van der Waals surface area contributed by atoms with E-state index in [0.717, 1.165) is 27.4 Å². The van der Waals surface area contributed by atoms with E-state index < -0.39 is 114 Å². The second-order valence-electron chi connectivity index (χ2n) is 21.3. The van der Waals surface area contributed by atoms with Gasteiger partial charge in [-0.05, 0) is 99.1 Å². The Kier molecular flexibility index (Phi) is 22.3. The highest BCUT2D eigenvalue weighted by Gasteiger charge is 2.40. The predicted octanol–water partition coefficient (Wildman–Crippen LogP) is 1.96. The van der Waals surface area contributed by atoms with E-state index in [1.54, 1.807) is 26.2 Å². The summed E-state index contributed by atoms with van der Waals surface area (Å²) in [5.41, 5.74) is 15.8. The topological polar surface area (TPSA) is 345 Å². The van der Waals surface area contributed by atoms with Gasteiger partial charge in [-0.1, -0.05) is 94.4 Å². The van der Waals surface area contributed by atoms with Gasteiger partial charge in [0.25, 0.3) is 0 Å². The number of aliphatic carboxylic acids is 1. The van der Waals surface area contributed by atoms with E-state index in [-0.39, 0.29) is 51.0 Å². The maximum absolute atomic E-state index is 14.3. The zero-order valence-electron chi connectivity index (χ0n) is 46.1. The number of carbonyl (C=O) groups is 9. The molecular weight excluding hydrogens is 1020 g/mol. The number of amides is 8. The minimum Gasteiger partial charge on any atom is -0.480 e. The van der Waals surface area contributed by atoms with Gasteiger partial charge < -0.3 is 68.7 Å². The van der Waals surface area contributed by atoms with Crippen molar-refractivity contribution in [1.82, 2.24) is 52.1 Å². The van der Waals surface area contributed by atoms with E-state index in [0.29, 0.717) is 36.9 Å². The number of unbranched alkanes of at least 4 members (excludes halogenated alkanes) is 1. The predicted molar refractivity (Wildman–Crippen MR) is 302 cm³/mol. The van der Waals surface area contributed by atoms with E-state index in [9.17, 15) is 48.3 Å². The van der Waals surface area contributed by atoms with Gasteiger partial charge in [0.1, 0.15) is 42.3 Å². The van der Waals surface area contributed by atoms with Crippen LogP contribution in [0.25, 0.3) is 21.8 Å². The van der Waals surface area contributed by atoms with Crippen LogP contribution in [-0.2, 0) is 62.4 Å². The lowest BCUT2D eigenvalue weighted by molar-refractivity contribution is -0.143. The summed E-state index contributed by atoms with van der Waals surface area (Å²) in [4.78, 5) is 131. The van der Waals surface area contributed by atoms with E-state index in [1.165, 1.54) is 11.8 Å². The molecule has 8 amide bonds. The Hall–Kier alpha value is -8.11. The molecule has 0 spiro atoms. The van der Waals surface area contributed by atoms with Crippen LogP contribution in [0.15, 0.2) is 91.3 Å². The van der Waals surface area contributed by atoms with Gasteiger partial charge in [0.15, 0.2) is 0 Å². The van der Waals surface area contributed by atoms with Crippen LogP contribution in [0.1, 0.15) is 89.8 Å². The second-order valence-corrected chi connectivity index (χ2v) is 21.3. The molecular formula is C58H78N12O10. The number of rotatable bonds is 29. The van der Waals surface area contributed by atoms with Crippen molar-refractivity contribution in [3.05, 3.63) is 108 Å². The smallest absolute Gasteiger partial charge is 0.326 e. The van der Waals surface area contributed by atoms with Crippen LogP contribution in [0.2, 0.25) is 0 Å². The van der Waals surface area contributed by atoms with Gasteiger partial charge in [0, 0.05) is 53.6 Å². The average molecular weight is 1100 g/mol. The van der Waals surface area contributed by atoms with Crippen molar-refractivity contribution in [2.24, 2.45) is 23.3 Å². The fraction of sp³-hybridized carbons (Fsp3) is 0.466. The number of carbonyl (C=O) groups excluding carboxylic acids is 8. The first-order valence-corrected chi connectivity index (χ1v) is 27.5. The molecule has 80 heavy (non-hydrogen) atoms. The summed E-state index contributed by atoms with van der Waals surface area (Å²) in [6, 6.07) is 14.9. The first-order chi connectivity index (χ1) is 38.2. The lowest BCUT2D eigenvalue weighted by Gasteiger charge is -2.31. The molecule has 8 atom stereocenters. The summed E-state index contributed by atoms with van der Waals surface area (Å²) in [7, 11) is 0. The monoisotopic (exact) mass is 1100 g/mol. The summed E-state index contributed by atoms with van der Waals surface area (Å²) in [5.74, 6) is -7.01. The van der Waals surface area contributed by atoms with Crippen LogP contribution in [0.5, 0.6) is 0 Å². The molecule has 22 nitrogen and oxygen atoms in total. The number of aromatic nitrogens is 2. The molecule has 1 saturated heterocycles. The highest BCUT2D eigenvalue weighted by Crippen LogP contribution is 2.24. The van der Waals surface area contributed by atoms with Crippen LogP contribution < -0.4 is 48.7 Å². The zero-order chi connectivity index (χ0) is 58.0. The third kappa shape index (κ3) is 16.9. The number of nitrogens with one attached hydrogen (secondary N) is 9. The molecule has 430 valence electrons. The molecule has 2 aromatic heterocycles. The van der Waals surface area contributed by atoms with Crippen molar-refractivity contribution in [2.75, 3.05) is 19.6 Å². The normalized spacial score (nSPS) is 16.0. The van der Waals surface area contributed by atoms with Gasteiger partial charge in [-0.25, -0.2) is 4.79 Å². The van der Waals surface area contributed by atoms with Gasteiger partial charge in [-0.2, -0.15) is 0 Å². The molecule has 1 aliphatic heterocycles. The average Bonchev–Trinajstić information content (AvgIpc) is 4.20. The quantitative estimate of drug-likeness (QED) is 0.0306. The third-order valence-electron chi connectivity index (χ3n) is 14.3. The number of carboxylic acid groups (broad SMARTS) is 1. The van der Waals surface area contributed by atoms with Gasteiger partial charge in [-0.3, -0.25) is 38.4 Å². The molecule has 0 aliphatic carbocycles. The summed E-state index contributed by atoms with van der Waals surface area (Å²) >= 11 is 0. The molecule has 3 heterocycles. The van der Waals surface area contributed by atoms with Crippen LogP contribution >= 0.6 is 0 Å². The largest absolute Gasteiger partial charge is 0.480 e. The molecule has 0 bridgehead atoms. The number of likely N-dealkylation sites (tertiary alicyclic amines) is 1. The summed E-state index contributed by atoms with van der Waals surface area (Å²) in [6.07, 6.45) is 5.76. The number of aromatic amines is 2. The lowest BCUT2D eigenvalue weighted by atomic mass is 10.0. The molecule has 3 aromatic carbocycles. The lowest BCUT2D eigenvalue weighted by Crippen LogP contribution is -2.59. The third-order valence-corrected chi connectivity index (χ3v) is 14.3. The Labute approximate surface area is 465 Å². The Morgan fingerprint density at radius 2 is 1.20 bits per heavy atom.